The minimum absolute atomic E-state index is 0.356. The fraction of sp³-hybridized carbons (Fsp3) is 0.500. The summed E-state index contributed by atoms with van der Waals surface area (Å²) in [5.74, 6) is 0.819. The Kier molecular flexibility index (Phi) is 2.27. The van der Waals surface area contributed by atoms with Crippen molar-refractivity contribution in [2.75, 3.05) is 0 Å². The van der Waals surface area contributed by atoms with Crippen molar-refractivity contribution in [1.82, 2.24) is 14.6 Å². The van der Waals surface area contributed by atoms with Gasteiger partial charge in [-0.25, -0.2) is 4.98 Å². The van der Waals surface area contributed by atoms with Gasteiger partial charge >= 0.3 is 0 Å². The summed E-state index contributed by atoms with van der Waals surface area (Å²) < 4.78 is 7.76. The average molecular weight is 217 g/mol. The number of ether oxygens (including phenoxy) is 1. The molecule has 0 radical (unpaired) electrons. The van der Waals surface area contributed by atoms with Gasteiger partial charge in [-0.2, -0.15) is 9.61 Å². The highest BCUT2D eigenvalue weighted by Gasteiger charge is 2.18. The van der Waals surface area contributed by atoms with Gasteiger partial charge in [-0.1, -0.05) is 0 Å². The van der Waals surface area contributed by atoms with Crippen LogP contribution < -0.4 is 4.74 Å². The van der Waals surface area contributed by atoms with Crippen LogP contribution in [0.25, 0.3) is 5.65 Å². The van der Waals surface area contributed by atoms with E-state index in [9.17, 15) is 0 Å². The number of fused-ring (bicyclic) bond motifs is 1. The van der Waals surface area contributed by atoms with E-state index in [1.165, 1.54) is 12.8 Å². The lowest BCUT2D eigenvalue weighted by atomic mass is 10.3. The number of aryl methyl sites for hydroxylation is 1. The zero-order valence-electron chi connectivity index (χ0n) is 9.39. The molecular formula is C12H15N3O. The van der Waals surface area contributed by atoms with Crippen LogP contribution in [0.15, 0.2) is 18.3 Å². The van der Waals surface area contributed by atoms with Crippen molar-refractivity contribution in [1.29, 1.82) is 0 Å². The molecule has 1 aliphatic rings. The molecule has 16 heavy (non-hydrogen) atoms. The summed E-state index contributed by atoms with van der Waals surface area (Å²) >= 11 is 0. The highest BCUT2D eigenvalue weighted by molar-refractivity contribution is 5.40. The zero-order valence-corrected chi connectivity index (χ0v) is 9.39. The molecule has 0 aliphatic heterocycles. The molecule has 3 rings (SSSR count). The molecule has 1 fully saturated rings. The van der Waals surface area contributed by atoms with Crippen molar-refractivity contribution in [3.63, 3.8) is 0 Å². The van der Waals surface area contributed by atoms with Gasteiger partial charge < -0.3 is 4.74 Å². The van der Waals surface area contributed by atoms with Crippen LogP contribution in [0, 0.1) is 6.92 Å². The van der Waals surface area contributed by atoms with E-state index in [0.29, 0.717) is 6.10 Å². The van der Waals surface area contributed by atoms with Crippen LogP contribution in [0.4, 0.5) is 0 Å². The number of nitrogens with zero attached hydrogens (tertiary/aromatic N) is 3. The summed E-state index contributed by atoms with van der Waals surface area (Å²) in [6.07, 6.45) is 6.97. The van der Waals surface area contributed by atoms with Gasteiger partial charge in [-0.15, -0.1) is 0 Å². The molecule has 2 aromatic heterocycles. The first kappa shape index (κ1) is 9.63. The van der Waals surface area contributed by atoms with Gasteiger partial charge in [0.15, 0.2) is 5.65 Å². The summed E-state index contributed by atoms with van der Waals surface area (Å²) in [5.41, 5.74) is 1.83. The third-order valence-corrected chi connectivity index (χ3v) is 3.04. The molecular weight excluding hydrogens is 202 g/mol. The molecule has 0 saturated heterocycles. The lowest BCUT2D eigenvalue weighted by molar-refractivity contribution is 0.196. The van der Waals surface area contributed by atoms with Gasteiger partial charge in [-0.3, -0.25) is 0 Å². The zero-order chi connectivity index (χ0) is 11.0. The molecule has 4 nitrogen and oxygen atoms in total. The average Bonchev–Trinajstić information content (AvgIpc) is 2.87. The molecule has 0 atom stereocenters. The third kappa shape index (κ3) is 1.64. The Labute approximate surface area is 94.3 Å². The van der Waals surface area contributed by atoms with Crippen molar-refractivity contribution in [2.24, 2.45) is 0 Å². The number of hydrogen-bond acceptors (Lipinski definition) is 3. The quantitative estimate of drug-likeness (QED) is 0.775. The summed E-state index contributed by atoms with van der Waals surface area (Å²) in [6, 6.07) is 3.85. The number of hydrogen-bond donors (Lipinski definition) is 0. The molecule has 0 spiro atoms. The van der Waals surface area contributed by atoms with Crippen molar-refractivity contribution in [2.45, 2.75) is 38.7 Å². The van der Waals surface area contributed by atoms with Crippen molar-refractivity contribution < 1.29 is 4.74 Å². The smallest absolute Gasteiger partial charge is 0.218 e. The number of rotatable bonds is 2. The molecule has 1 saturated carbocycles. The van der Waals surface area contributed by atoms with E-state index < -0.39 is 0 Å². The van der Waals surface area contributed by atoms with Gasteiger partial charge in [0.1, 0.15) is 6.10 Å². The molecule has 0 amide bonds. The molecule has 0 aromatic carbocycles. The van der Waals surface area contributed by atoms with Crippen LogP contribution in [-0.2, 0) is 0 Å². The van der Waals surface area contributed by atoms with Gasteiger partial charge in [0.05, 0.1) is 6.20 Å². The van der Waals surface area contributed by atoms with Crippen LogP contribution in [-0.4, -0.2) is 20.7 Å². The van der Waals surface area contributed by atoms with E-state index in [-0.39, 0.29) is 0 Å². The number of aromatic nitrogens is 3. The molecule has 0 bridgehead atoms. The Hall–Kier alpha value is -1.58. The highest BCUT2D eigenvalue weighted by atomic mass is 16.5. The van der Waals surface area contributed by atoms with Gasteiger partial charge in [0.25, 0.3) is 0 Å². The lowest BCUT2D eigenvalue weighted by Crippen LogP contribution is -2.14. The first-order valence-corrected chi connectivity index (χ1v) is 5.81. The molecule has 1 aliphatic carbocycles. The molecule has 0 unspecified atom stereocenters. The van der Waals surface area contributed by atoms with Crippen LogP contribution in [0.3, 0.4) is 0 Å². The monoisotopic (exact) mass is 217 g/mol. The Balaban J connectivity index is 1.97. The van der Waals surface area contributed by atoms with Crippen LogP contribution in [0.2, 0.25) is 0 Å². The SMILES string of the molecule is Cc1cc(OC2CCCC2)n2nccc2n1. The standard InChI is InChI=1S/C12H15N3O/c1-9-8-12(16-10-4-2-3-5-10)15-11(14-9)6-7-13-15/h6-8,10H,2-5H2,1H3. The largest absolute Gasteiger partial charge is 0.474 e. The molecule has 4 heteroatoms. The minimum Gasteiger partial charge on any atom is -0.474 e. The summed E-state index contributed by atoms with van der Waals surface area (Å²) in [7, 11) is 0. The first-order chi connectivity index (χ1) is 7.83. The molecule has 2 heterocycles. The second-order valence-electron chi connectivity index (χ2n) is 4.36. The normalized spacial score (nSPS) is 17.1. The van der Waals surface area contributed by atoms with Crippen LogP contribution in [0.5, 0.6) is 5.88 Å². The van der Waals surface area contributed by atoms with Crippen molar-refractivity contribution >= 4 is 5.65 Å². The minimum atomic E-state index is 0.356. The highest BCUT2D eigenvalue weighted by Crippen LogP contribution is 2.24. The summed E-state index contributed by atoms with van der Waals surface area (Å²) in [4.78, 5) is 4.39. The summed E-state index contributed by atoms with van der Waals surface area (Å²) in [5, 5.41) is 4.23. The van der Waals surface area contributed by atoms with Gasteiger partial charge in [0.2, 0.25) is 5.88 Å². The van der Waals surface area contributed by atoms with Crippen LogP contribution >= 0.6 is 0 Å². The molecule has 2 aromatic rings. The maximum absolute atomic E-state index is 5.99. The maximum atomic E-state index is 5.99. The fourth-order valence-corrected chi connectivity index (χ4v) is 2.26. The predicted octanol–water partition coefficient (Wildman–Crippen LogP) is 2.36. The third-order valence-electron chi connectivity index (χ3n) is 3.04. The van der Waals surface area contributed by atoms with Gasteiger partial charge in [-0.05, 0) is 32.6 Å². The Bertz CT molecular complexity index is 500. The van der Waals surface area contributed by atoms with E-state index in [1.54, 1.807) is 10.7 Å². The van der Waals surface area contributed by atoms with E-state index in [1.807, 2.05) is 19.1 Å². The van der Waals surface area contributed by atoms with E-state index in [2.05, 4.69) is 10.1 Å². The van der Waals surface area contributed by atoms with Crippen molar-refractivity contribution in [3.05, 3.63) is 24.0 Å². The fourth-order valence-electron chi connectivity index (χ4n) is 2.26. The molecule has 0 N–H and O–H groups in total. The topological polar surface area (TPSA) is 39.4 Å². The predicted molar refractivity (Wildman–Crippen MR) is 60.6 cm³/mol. The Morgan fingerprint density at radius 3 is 3.00 bits per heavy atom. The van der Waals surface area contributed by atoms with E-state index in [4.69, 9.17) is 4.74 Å². The Morgan fingerprint density at radius 2 is 2.19 bits per heavy atom. The second-order valence-corrected chi connectivity index (χ2v) is 4.36. The van der Waals surface area contributed by atoms with E-state index in [0.717, 1.165) is 30.1 Å². The summed E-state index contributed by atoms with van der Waals surface area (Å²) in [6.45, 7) is 1.98. The van der Waals surface area contributed by atoms with E-state index >= 15 is 0 Å². The first-order valence-electron chi connectivity index (χ1n) is 5.81. The van der Waals surface area contributed by atoms with Gasteiger partial charge in [0, 0.05) is 17.8 Å². The maximum Gasteiger partial charge on any atom is 0.218 e. The van der Waals surface area contributed by atoms with Crippen LogP contribution in [0.1, 0.15) is 31.4 Å². The lowest BCUT2D eigenvalue weighted by Gasteiger charge is -2.14. The molecule has 84 valence electrons. The second kappa shape index (κ2) is 3.77. The Morgan fingerprint density at radius 1 is 1.38 bits per heavy atom. The van der Waals surface area contributed by atoms with Crippen molar-refractivity contribution in [3.8, 4) is 5.88 Å².